The molecule has 0 amide bonds. The predicted molar refractivity (Wildman–Crippen MR) is 126 cm³/mol. The van der Waals surface area contributed by atoms with Crippen LogP contribution < -0.4 is 9.47 Å². The number of rotatable bonds is 8. The van der Waals surface area contributed by atoms with E-state index in [1.54, 1.807) is 14.2 Å². The number of carboxylic acids is 1. The average Bonchev–Trinajstić information content (AvgIpc) is 3.28. The highest BCUT2D eigenvalue weighted by Crippen LogP contribution is 2.14. The van der Waals surface area contributed by atoms with Crippen LogP contribution in [0.1, 0.15) is 36.8 Å². The van der Waals surface area contributed by atoms with E-state index in [-0.39, 0.29) is 13.0 Å². The minimum absolute atomic E-state index is 0.160. The highest BCUT2D eigenvalue weighted by molar-refractivity contribution is 6.11. The van der Waals surface area contributed by atoms with Gasteiger partial charge in [-0.15, -0.1) is 0 Å². The molecule has 1 aliphatic heterocycles. The Balaban J connectivity index is 0.000000247. The van der Waals surface area contributed by atoms with Crippen LogP contribution in [0.2, 0.25) is 0 Å². The summed E-state index contributed by atoms with van der Waals surface area (Å²) in [7, 11) is 3.77. The number of ether oxygens (including phenoxy) is 3. The summed E-state index contributed by atoms with van der Waals surface area (Å²) < 4.78 is 15.4. The van der Waals surface area contributed by atoms with Gasteiger partial charge in [-0.05, 0) is 68.9 Å². The molecule has 0 radical (unpaired) electrons. The van der Waals surface area contributed by atoms with Gasteiger partial charge in [0, 0.05) is 19.6 Å². The Labute approximate surface area is 186 Å². The number of aryl methyl sites for hydroxylation is 2. The molecule has 31 heavy (non-hydrogen) atoms. The molecule has 2 N–H and O–H groups in total. The van der Waals surface area contributed by atoms with Crippen molar-refractivity contribution >= 4 is 13.8 Å². The molecule has 1 unspecified atom stereocenters. The molecule has 2 aromatic carbocycles. The van der Waals surface area contributed by atoms with E-state index in [4.69, 9.17) is 24.4 Å². The number of hydrogen-bond donors (Lipinski definition) is 2. The normalized spacial score (nSPS) is 14.5. The van der Waals surface area contributed by atoms with E-state index >= 15 is 0 Å². The third-order valence-corrected chi connectivity index (χ3v) is 4.22. The Morgan fingerprint density at radius 2 is 1.65 bits per heavy atom. The fraction of sp³-hybridized carbons (Fsp3) is 0.458. The van der Waals surface area contributed by atoms with Gasteiger partial charge < -0.3 is 24.4 Å². The smallest absolute Gasteiger partial charge is 0.303 e. The van der Waals surface area contributed by atoms with Gasteiger partial charge in [-0.1, -0.05) is 36.7 Å². The Hall–Kier alpha value is -2.51. The van der Waals surface area contributed by atoms with Crippen LogP contribution in [0.3, 0.4) is 0 Å². The van der Waals surface area contributed by atoms with Crippen molar-refractivity contribution in [3.63, 3.8) is 0 Å². The SMILES string of the molecule is COc1cccc(CCC(=O)O)c1.COc1cccc(CCCO)c1.[BH3-]C1CCCO1. The summed E-state index contributed by atoms with van der Waals surface area (Å²) in [6.07, 6.45) is 5.13. The first kappa shape index (κ1) is 26.5. The molecule has 172 valence electrons. The van der Waals surface area contributed by atoms with Crippen molar-refractivity contribution in [3.05, 3.63) is 59.7 Å². The summed E-state index contributed by atoms with van der Waals surface area (Å²) in [5.74, 6) is 0.871. The molecule has 0 aromatic heterocycles. The first-order valence-corrected chi connectivity index (χ1v) is 10.1. The first-order valence-electron chi connectivity index (χ1n) is 10.1. The topological polar surface area (TPSA) is 85.2 Å². The molecule has 1 fully saturated rings. The van der Waals surface area contributed by atoms with Gasteiger partial charge in [0.2, 0.25) is 0 Å². The van der Waals surface area contributed by atoms with Crippen LogP contribution in [0.25, 0.3) is 0 Å². The lowest BCUT2D eigenvalue weighted by Gasteiger charge is -2.02. The molecule has 1 aliphatic rings. The average molecular weight is 431 g/mol. The minimum Gasteiger partial charge on any atom is -0.497 e. The zero-order valence-electron chi connectivity index (χ0n) is 17.9. The highest BCUT2D eigenvalue weighted by Gasteiger charge is 2.02. The highest BCUT2D eigenvalue weighted by atomic mass is 16.5. The van der Waals surface area contributed by atoms with Crippen molar-refractivity contribution in [3.8, 4) is 11.5 Å². The summed E-state index contributed by atoms with van der Waals surface area (Å²) in [6.45, 7) is 1.30. The van der Waals surface area contributed by atoms with Crippen molar-refractivity contribution in [2.75, 3.05) is 27.4 Å². The van der Waals surface area contributed by atoms with Crippen molar-refractivity contribution < 1.29 is 29.2 Å². The van der Waals surface area contributed by atoms with E-state index in [0.29, 0.717) is 14.3 Å². The van der Waals surface area contributed by atoms with E-state index in [9.17, 15) is 4.79 Å². The first-order chi connectivity index (χ1) is 15.0. The molecule has 0 spiro atoms. The van der Waals surface area contributed by atoms with Gasteiger partial charge in [0.15, 0.2) is 0 Å². The van der Waals surface area contributed by atoms with E-state index in [1.807, 2.05) is 48.5 Å². The van der Waals surface area contributed by atoms with Crippen molar-refractivity contribution in [2.45, 2.75) is 44.5 Å². The van der Waals surface area contributed by atoms with Crippen molar-refractivity contribution in [1.82, 2.24) is 0 Å². The van der Waals surface area contributed by atoms with Crippen LogP contribution in [0.5, 0.6) is 11.5 Å². The van der Waals surface area contributed by atoms with Gasteiger partial charge in [0.1, 0.15) is 11.5 Å². The maximum Gasteiger partial charge on any atom is 0.303 e. The second-order valence-corrected chi connectivity index (χ2v) is 6.60. The third kappa shape index (κ3) is 12.7. The molecule has 0 bridgehead atoms. The van der Waals surface area contributed by atoms with E-state index in [2.05, 4.69) is 0 Å². The van der Waals surface area contributed by atoms with E-state index < -0.39 is 5.97 Å². The monoisotopic (exact) mass is 431 g/mol. The lowest BCUT2D eigenvalue weighted by atomic mass is 9.98. The quantitative estimate of drug-likeness (QED) is 0.626. The molecule has 1 saturated heterocycles. The van der Waals surface area contributed by atoms with Crippen molar-refractivity contribution in [2.24, 2.45) is 0 Å². The summed E-state index contributed by atoms with van der Waals surface area (Å²) in [6, 6.07) is 16.2. The third-order valence-electron chi connectivity index (χ3n) is 4.22. The van der Waals surface area contributed by atoms with Crippen LogP contribution in [0.4, 0.5) is 0 Å². The second-order valence-electron chi connectivity index (χ2n) is 6.60. The summed E-state index contributed by atoms with van der Waals surface area (Å²) in [4.78, 5) is 10.3. The van der Waals surface area contributed by atoms with Gasteiger partial charge >= 0.3 is 5.97 Å². The Kier molecular flexibility index (Phi) is 13.9. The molecular formula is C24H36BO6-. The maximum atomic E-state index is 10.3. The van der Waals surface area contributed by atoms with Gasteiger partial charge in [0.25, 0.3) is 0 Å². The second kappa shape index (κ2) is 16.2. The number of methoxy groups -OCH3 is 2. The van der Waals surface area contributed by atoms with Crippen LogP contribution in [0.15, 0.2) is 48.5 Å². The molecular weight excluding hydrogens is 395 g/mol. The summed E-state index contributed by atoms with van der Waals surface area (Å²) in [5, 5.41) is 17.1. The molecule has 1 atom stereocenters. The zero-order chi connectivity index (χ0) is 22.9. The van der Waals surface area contributed by atoms with Crippen LogP contribution in [-0.2, 0) is 22.4 Å². The zero-order valence-corrected chi connectivity index (χ0v) is 17.9. The molecule has 2 aromatic rings. The summed E-state index contributed by atoms with van der Waals surface area (Å²) >= 11 is 0. The van der Waals surface area contributed by atoms with Gasteiger partial charge in [0.05, 0.1) is 14.2 Å². The number of aliphatic carboxylic acids is 1. The van der Waals surface area contributed by atoms with Crippen LogP contribution >= 0.6 is 0 Å². The Bertz CT molecular complexity index is 746. The van der Waals surface area contributed by atoms with Gasteiger partial charge in [-0.2, -0.15) is 0 Å². The Morgan fingerprint density at radius 3 is 2.03 bits per heavy atom. The fourth-order valence-corrected chi connectivity index (χ4v) is 2.61. The lowest BCUT2D eigenvalue weighted by molar-refractivity contribution is -0.136. The molecule has 1 heterocycles. The molecule has 0 saturated carbocycles. The Morgan fingerprint density at radius 1 is 1.06 bits per heavy atom. The minimum atomic E-state index is -0.775. The van der Waals surface area contributed by atoms with Gasteiger partial charge in [-0.25, -0.2) is 0 Å². The summed E-state index contributed by atoms with van der Waals surface area (Å²) in [5.41, 5.74) is 2.20. The maximum absolute atomic E-state index is 10.3. The number of aliphatic hydroxyl groups excluding tert-OH is 1. The number of hydrogen-bond acceptors (Lipinski definition) is 5. The number of aliphatic hydroxyl groups is 1. The lowest BCUT2D eigenvalue weighted by Crippen LogP contribution is -2.01. The van der Waals surface area contributed by atoms with E-state index in [1.165, 1.54) is 18.4 Å². The fourth-order valence-electron chi connectivity index (χ4n) is 2.61. The van der Waals surface area contributed by atoms with E-state index in [0.717, 1.165) is 42.5 Å². The number of carbonyl (C=O) groups is 1. The number of benzene rings is 2. The van der Waals surface area contributed by atoms with Gasteiger partial charge in [-0.3, -0.25) is 4.79 Å². The predicted octanol–water partition coefficient (Wildman–Crippen LogP) is 2.82. The van der Waals surface area contributed by atoms with Crippen LogP contribution in [-0.4, -0.2) is 57.5 Å². The molecule has 0 aliphatic carbocycles. The van der Waals surface area contributed by atoms with Crippen LogP contribution in [0, 0.1) is 0 Å². The largest absolute Gasteiger partial charge is 0.497 e. The standard InChI is InChI=1S/C10H12O3.C10H14O2.C4H10BO/c1-13-9-4-2-3-8(7-9)5-6-10(11)12;1-12-10-6-2-4-9(8-10)5-3-7-11;5-4-2-1-3-6-4/h2-4,7H,5-6H2,1H3,(H,11,12);2,4,6,8,11H,3,5,7H2,1H3;4H,1-3H2,5H3/q;;-1. The molecule has 3 rings (SSSR count). The molecule has 6 nitrogen and oxygen atoms in total. The molecule has 7 heteroatoms. The van der Waals surface area contributed by atoms with Crippen molar-refractivity contribution in [1.29, 1.82) is 0 Å². The number of carboxylic acid groups (broad SMARTS) is 1.